The zero-order chi connectivity index (χ0) is 13.1. The number of hydrogen-bond acceptors (Lipinski definition) is 4. The molecule has 0 unspecified atom stereocenters. The molecule has 0 aliphatic heterocycles. The van der Waals surface area contributed by atoms with Gasteiger partial charge in [0.15, 0.2) is 0 Å². The van der Waals surface area contributed by atoms with Gasteiger partial charge in [-0.3, -0.25) is 4.68 Å². The number of rotatable bonds is 4. The fourth-order valence-corrected chi connectivity index (χ4v) is 2.58. The highest BCUT2D eigenvalue weighted by molar-refractivity contribution is 7.09. The molecule has 0 aliphatic rings. The minimum absolute atomic E-state index is 0.499. The summed E-state index contributed by atoms with van der Waals surface area (Å²) in [6.45, 7) is 1.18. The zero-order valence-electron chi connectivity index (χ0n) is 10.4. The van der Waals surface area contributed by atoms with E-state index in [-0.39, 0.29) is 0 Å². The molecule has 3 aromatic rings. The van der Waals surface area contributed by atoms with Gasteiger partial charge < -0.3 is 5.73 Å². The first-order valence-electron chi connectivity index (χ1n) is 6.06. The van der Waals surface area contributed by atoms with Gasteiger partial charge >= 0.3 is 0 Å². The second-order valence-corrected chi connectivity index (χ2v) is 5.17. The first-order chi connectivity index (χ1) is 9.35. The molecular weight excluding hydrogens is 256 g/mol. The molecule has 0 radical (unpaired) electrons. The lowest BCUT2D eigenvalue weighted by atomic mass is 10.1. The summed E-state index contributed by atoms with van der Waals surface area (Å²) in [7, 11) is 0. The van der Waals surface area contributed by atoms with Gasteiger partial charge in [-0.15, -0.1) is 11.3 Å². The third-order valence-corrected chi connectivity index (χ3v) is 3.76. The number of aromatic nitrogens is 3. The van der Waals surface area contributed by atoms with Gasteiger partial charge in [-0.2, -0.15) is 5.10 Å². The molecule has 0 spiro atoms. The van der Waals surface area contributed by atoms with E-state index in [9.17, 15) is 0 Å². The standard InChI is InChI=1S/C14H14N4S/c15-6-14-17-13(10-19-14)9-18-8-12(7-16-18)11-4-2-1-3-5-11/h1-5,7-8,10H,6,9,15H2. The Labute approximate surface area is 115 Å². The normalized spacial score (nSPS) is 10.8. The van der Waals surface area contributed by atoms with Crippen LogP contribution >= 0.6 is 11.3 Å². The highest BCUT2D eigenvalue weighted by Gasteiger charge is 2.04. The summed E-state index contributed by atoms with van der Waals surface area (Å²) in [5.41, 5.74) is 8.87. The van der Waals surface area contributed by atoms with Crippen LogP contribution in [0.2, 0.25) is 0 Å². The van der Waals surface area contributed by atoms with Crippen molar-refractivity contribution in [1.29, 1.82) is 0 Å². The van der Waals surface area contributed by atoms with E-state index in [1.54, 1.807) is 11.3 Å². The quantitative estimate of drug-likeness (QED) is 0.792. The van der Waals surface area contributed by atoms with Crippen molar-refractivity contribution in [3.8, 4) is 11.1 Å². The molecule has 0 amide bonds. The Morgan fingerprint density at radius 2 is 2.00 bits per heavy atom. The monoisotopic (exact) mass is 270 g/mol. The van der Waals surface area contributed by atoms with Gasteiger partial charge in [-0.05, 0) is 5.56 Å². The van der Waals surface area contributed by atoms with Crippen LogP contribution in [0.5, 0.6) is 0 Å². The molecule has 1 aromatic carbocycles. The summed E-state index contributed by atoms with van der Waals surface area (Å²) >= 11 is 1.59. The number of nitrogens with two attached hydrogens (primary N) is 1. The van der Waals surface area contributed by atoms with Crippen molar-refractivity contribution in [3.05, 3.63) is 58.8 Å². The van der Waals surface area contributed by atoms with E-state index in [0.717, 1.165) is 16.3 Å². The van der Waals surface area contributed by atoms with Crippen molar-refractivity contribution < 1.29 is 0 Å². The van der Waals surface area contributed by atoms with Crippen LogP contribution in [0.15, 0.2) is 48.1 Å². The van der Waals surface area contributed by atoms with E-state index in [4.69, 9.17) is 5.73 Å². The first-order valence-corrected chi connectivity index (χ1v) is 6.94. The van der Waals surface area contributed by atoms with Gasteiger partial charge in [0, 0.05) is 23.7 Å². The van der Waals surface area contributed by atoms with Gasteiger partial charge in [0.2, 0.25) is 0 Å². The molecule has 2 heterocycles. The number of benzene rings is 1. The summed E-state index contributed by atoms with van der Waals surface area (Å²) in [6, 6.07) is 10.2. The van der Waals surface area contributed by atoms with E-state index >= 15 is 0 Å². The van der Waals surface area contributed by atoms with Crippen molar-refractivity contribution in [2.75, 3.05) is 0 Å². The van der Waals surface area contributed by atoms with Crippen molar-refractivity contribution in [3.63, 3.8) is 0 Å². The van der Waals surface area contributed by atoms with Crippen LogP contribution in [0.25, 0.3) is 11.1 Å². The molecule has 0 bridgehead atoms. The molecule has 19 heavy (non-hydrogen) atoms. The average Bonchev–Trinajstić information content (AvgIpc) is 3.09. The molecule has 96 valence electrons. The number of nitrogens with zero attached hydrogens (tertiary/aromatic N) is 3. The molecule has 4 nitrogen and oxygen atoms in total. The van der Waals surface area contributed by atoms with Crippen molar-refractivity contribution in [1.82, 2.24) is 14.8 Å². The summed E-state index contributed by atoms with van der Waals surface area (Å²) in [5, 5.41) is 7.37. The molecule has 2 N–H and O–H groups in total. The lowest BCUT2D eigenvalue weighted by Crippen LogP contribution is -2.01. The van der Waals surface area contributed by atoms with Crippen molar-refractivity contribution in [2.45, 2.75) is 13.1 Å². The number of thiazole rings is 1. The molecule has 0 saturated heterocycles. The Balaban J connectivity index is 1.78. The van der Waals surface area contributed by atoms with Crippen LogP contribution in [-0.4, -0.2) is 14.8 Å². The highest BCUT2D eigenvalue weighted by atomic mass is 32.1. The van der Waals surface area contributed by atoms with Crippen LogP contribution in [0.4, 0.5) is 0 Å². The van der Waals surface area contributed by atoms with Gasteiger partial charge in [-0.1, -0.05) is 30.3 Å². The largest absolute Gasteiger partial charge is 0.325 e. The minimum Gasteiger partial charge on any atom is -0.325 e. The second kappa shape index (κ2) is 5.34. The maximum absolute atomic E-state index is 5.56. The summed E-state index contributed by atoms with van der Waals surface area (Å²) < 4.78 is 1.90. The fourth-order valence-electron chi connectivity index (χ4n) is 1.91. The van der Waals surface area contributed by atoms with Crippen LogP contribution in [-0.2, 0) is 13.1 Å². The minimum atomic E-state index is 0.499. The number of hydrogen-bond donors (Lipinski definition) is 1. The van der Waals surface area contributed by atoms with Gasteiger partial charge in [0.05, 0.1) is 18.4 Å². The van der Waals surface area contributed by atoms with Gasteiger partial charge in [0.1, 0.15) is 5.01 Å². The second-order valence-electron chi connectivity index (χ2n) is 4.23. The zero-order valence-corrected chi connectivity index (χ0v) is 11.2. The highest BCUT2D eigenvalue weighted by Crippen LogP contribution is 2.18. The Morgan fingerprint density at radius 1 is 1.16 bits per heavy atom. The van der Waals surface area contributed by atoms with Crippen LogP contribution in [0, 0.1) is 0 Å². The Morgan fingerprint density at radius 3 is 2.74 bits per heavy atom. The smallest absolute Gasteiger partial charge is 0.107 e. The predicted octanol–water partition coefficient (Wildman–Crippen LogP) is 2.51. The van der Waals surface area contributed by atoms with Crippen LogP contribution in [0.3, 0.4) is 0 Å². The summed E-state index contributed by atoms with van der Waals surface area (Å²) in [5.74, 6) is 0. The van der Waals surface area contributed by atoms with Crippen molar-refractivity contribution >= 4 is 11.3 Å². The van der Waals surface area contributed by atoms with E-state index in [1.807, 2.05) is 40.7 Å². The maximum Gasteiger partial charge on any atom is 0.107 e. The lowest BCUT2D eigenvalue weighted by molar-refractivity contribution is 0.674. The molecule has 0 atom stereocenters. The molecule has 0 fully saturated rings. The van der Waals surface area contributed by atoms with E-state index < -0.39 is 0 Å². The molecule has 0 aliphatic carbocycles. The Bertz CT molecular complexity index is 657. The van der Waals surface area contributed by atoms with E-state index in [2.05, 4.69) is 22.2 Å². The molecule has 0 saturated carbocycles. The van der Waals surface area contributed by atoms with E-state index in [1.165, 1.54) is 5.56 Å². The van der Waals surface area contributed by atoms with E-state index in [0.29, 0.717) is 13.1 Å². The average molecular weight is 270 g/mol. The van der Waals surface area contributed by atoms with Crippen molar-refractivity contribution in [2.24, 2.45) is 5.73 Å². The maximum atomic E-state index is 5.56. The topological polar surface area (TPSA) is 56.7 Å². The predicted molar refractivity (Wildman–Crippen MR) is 76.8 cm³/mol. The Hall–Kier alpha value is -1.98. The van der Waals surface area contributed by atoms with Crippen LogP contribution in [0.1, 0.15) is 10.7 Å². The third kappa shape index (κ3) is 2.72. The molecular formula is C14H14N4S. The first kappa shape index (κ1) is 12.1. The fraction of sp³-hybridized carbons (Fsp3) is 0.143. The third-order valence-electron chi connectivity index (χ3n) is 2.84. The molecule has 2 aromatic heterocycles. The SMILES string of the molecule is NCc1nc(Cn2cc(-c3ccccc3)cn2)cs1. The van der Waals surface area contributed by atoms with Gasteiger partial charge in [0.25, 0.3) is 0 Å². The Kier molecular flexibility index (Phi) is 3.39. The molecule has 3 rings (SSSR count). The molecule has 5 heteroatoms. The summed E-state index contributed by atoms with van der Waals surface area (Å²) in [6.07, 6.45) is 3.92. The lowest BCUT2D eigenvalue weighted by Gasteiger charge is -1.97. The van der Waals surface area contributed by atoms with Gasteiger partial charge in [-0.25, -0.2) is 4.98 Å². The summed E-state index contributed by atoms with van der Waals surface area (Å²) in [4.78, 5) is 4.44. The van der Waals surface area contributed by atoms with Crippen LogP contribution < -0.4 is 5.73 Å².